The molecule has 0 spiro atoms. The van der Waals surface area contributed by atoms with Crippen molar-refractivity contribution in [2.75, 3.05) is 33.5 Å². The van der Waals surface area contributed by atoms with Gasteiger partial charge in [0.25, 0.3) is 11.8 Å². The van der Waals surface area contributed by atoms with E-state index in [4.69, 9.17) is 9.47 Å². The first-order valence-electron chi connectivity index (χ1n) is 14.3. The Kier molecular flexibility index (Phi) is 9.40. The molecule has 2 fully saturated rings. The van der Waals surface area contributed by atoms with Gasteiger partial charge in [-0.2, -0.15) is 5.10 Å². The number of carbonyl (C=O) groups is 2. The quantitative estimate of drug-likeness (QED) is 0.338. The summed E-state index contributed by atoms with van der Waals surface area (Å²) in [5.41, 5.74) is 3.87. The van der Waals surface area contributed by atoms with Gasteiger partial charge in [-0.3, -0.25) is 14.3 Å². The SMILES string of the molecule is COc1c(CNC(=O)c2cc(C3CC3)nn2C)cccc1OCc1ccc(C(=O)N2CCC(N(C)[S+](C)[O-])CC2)cc1. The number of nitrogens with one attached hydrogen (secondary N) is 1. The zero-order chi connectivity index (χ0) is 29.8. The fourth-order valence-electron chi connectivity index (χ4n) is 5.32. The van der Waals surface area contributed by atoms with Crippen LogP contribution in [-0.4, -0.2) is 74.9 Å². The number of aryl methyl sites for hydroxylation is 1. The molecule has 0 radical (unpaired) electrons. The first-order chi connectivity index (χ1) is 20.2. The fraction of sp³-hybridized carbons (Fsp3) is 0.452. The van der Waals surface area contributed by atoms with Crippen molar-refractivity contribution in [1.29, 1.82) is 0 Å². The van der Waals surface area contributed by atoms with Gasteiger partial charge in [-0.25, -0.2) is 0 Å². The van der Waals surface area contributed by atoms with E-state index >= 15 is 0 Å². The molecule has 1 aromatic heterocycles. The second-order valence-electron chi connectivity index (χ2n) is 11.0. The lowest BCUT2D eigenvalue weighted by Crippen LogP contribution is -2.47. The summed E-state index contributed by atoms with van der Waals surface area (Å²) < 4.78 is 27.0. The van der Waals surface area contributed by atoms with Crippen molar-refractivity contribution in [3.05, 3.63) is 76.6 Å². The molecule has 1 saturated carbocycles. The second kappa shape index (κ2) is 13.2. The fourth-order valence-corrected chi connectivity index (χ4v) is 5.95. The van der Waals surface area contributed by atoms with Crippen LogP contribution in [0.15, 0.2) is 48.5 Å². The van der Waals surface area contributed by atoms with E-state index in [0.717, 1.165) is 42.5 Å². The number of benzene rings is 2. The summed E-state index contributed by atoms with van der Waals surface area (Å²) in [6, 6.07) is 15.2. The molecule has 1 N–H and O–H groups in total. The molecule has 2 amide bonds. The van der Waals surface area contributed by atoms with Crippen molar-refractivity contribution >= 4 is 23.2 Å². The van der Waals surface area contributed by atoms with E-state index in [1.54, 1.807) is 25.1 Å². The largest absolute Gasteiger partial charge is 0.598 e. The van der Waals surface area contributed by atoms with Crippen molar-refractivity contribution in [1.82, 2.24) is 24.3 Å². The Morgan fingerprint density at radius 1 is 1.12 bits per heavy atom. The molecule has 2 aromatic carbocycles. The number of amides is 2. The van der Waals surface area contributed by atoms with Crippen LogP contribution in [0.2, 0.25) is 0 Å². The zero-order valence-corrected chi connectivity index (χ0v) is 25.5. The van der Waals surface area contributed by atoms with Crippen LogP contribution in [0.25, 0.3) is 0 Å². The number of nitrogens with zero attached hydrogens (tertiary/aromatic N) is 4. The Morgan fingerprint density at radius 3 is 2.48 bits per heavy atom. The van der Waals surface area contributed by atoms with E-state index in [9.17, 15) is 14.1 Å². The van der Waals surface area contributed by atoms with Crippen LogP contribution < -0.4 is 14.8 Å². The minimum atomic E-state index is -1.01. The number of ether oxygens (including phenoxy) is 2. The van der Waals surface area contributed by atoms with Crippen LogP contribution in [-0.2, 0) is 31.6 Å². The molecule has 11 heteroatoms. The monoisotopic (exact) mass is 593 g/mol. The number of methoxy groups -OCH3 is 1. The average molecular weight is 594 g/mol. The molecule has 2 heterocycles. The van der Waals surface area contributed by atoms with Crippen molar-refractivity contribution in [2.45, 2.75) is 50.8 Å². The number of carbonyl (C=O) groups excluding carboxylic acids is 2. The number of piperidine rings is 1. The highest BCUT2D eigenvalue weighted by Gasteiger charge is 2.30. The van der Waals surface area contributed by atoms with Crippen LogP contribution in [0.4, 0.5) is 0 Å². The van der Waals surface area contributed by atoms with Gasteiger partial charge in [-0.05, 0) is 55.5 Å². The maximum atomic E-state index is 13.0. The Hall–Kier alpha value is -3.54. The highest BCUT2D eigenvalue weighted by atomic mass is 32.2. The predicted molar refractivity (Wildman–Crippen MR) is 161 cm³/mol. The molecule has 224 valence electrons. The lowest BCUT2D eigenvalue weighted by Gasteiger charge is -2.35. The normalized spacial score (nSPS) is 16.4. The first kappa shape index (κ1) is 29.9. The summed E-state index contributed by atoms with van der Waals surface area (Å²) in [5.74, 6) is 1.44. The van der Waals surface area contributed by atoms with Crippen LogP contribution in [0.5, 0.6) is 11.5 Å². The third-order valence-corrected chi connectivity index (χ3v) is 9.21. The Bertz CT molecular complexity index is 1400. The van der Waals surface area contributed by atoms with Gasteiger partial charge < -0.3 is 24.2 Å². The molecular weight excluding hydrogens is 554 g/mol. The molecule has 1 aliphatic carbocycles. The van der Waals surface area contributed by atoms with Crippen LogP contribution in [0, 0.1) is 0 Å². The molecule has 2 aliphatic rings. The summed E-state index contributed by atoms with van der Waals surface area (Å²) >= 11 is -1.01. The highest BCUT2D eigenvalue weighted by molar-refractivity contribution is 7.88. The number of aromatic nitrogens is 2. The summed E-state index contributed by atoms with van der Waals surface area (Å²) in [4.78, 5) is 27.8. The molecule has 10 nitrogen and oxygen atoms in total. The van der Waals surface area contributed by atoms with Gasteiger partial charge in [0.05, 0.1) is 18.8 Å². The third-order valence-electron chi connectivity index (χ3n) is 8.10. The van der Waals surface area contributed by atoms with Crippen molar-refractivity contribution in [3.8, 4) is 11.5 Å². The van der Waals surface area contributed by atoms with E-state index in [1.807, 2.05) is 64.8 Å². The molecule has 1 aliphatic heterocycles. The Balaban J connectivity index is 1.15. The maximum Gasteiger partial charge on any atom is 0.269 e. The maximum absolute atomic E-state index is 13.0. The van der Waals surface area contributed by atoms with Gasteiger partial charge in [-0.15, -0.1) is 4.31 Å². The summed E-state index contributed by atoms with van der Waals surface area (Å²) in [6.45, 7) is 1.88. The number of hydrogen-bond donors (Lipinski definition) is 1. The lowest BCUT2D eigenvalue weighted by molar-refractivity contribution is 0.0686. The van der Waals surface area contributed by atoms with Crippen molar-refractivity contribution in [2.24, 2.45) is 7.05 Å². The van der Waals surface area contributed by atoms with Crippen LogP contribution in [0.3, 0.4) is 0 Å². The summed E-state index contributed by atoms with van der Waals surface area (Å²) in [7, 11) is 5.24. The van der Waals surface area contributed by atoms with E-state index in [0.29, 0.717) is 48.4 Å². The number of rotatable bonds is 11. The third kappa shape index (κ3) is 6.91. The highest BCUT2D eigenvalue weighted by Crippen LogP contribution is 2.39. The molecular formula is C31H39N5O5S. The van der Waals surface area contributed by atoms with Gasteiger partial charge >= 0.3 is 0 Å². The van der Waals surface area contributed by atoms with Gasteiger partial charge in [0.2, 0.25) is 0 Å². The van der Waals surface area contributed by atoms with Gasteiger partial charge in [0, 0.05) is 62.1 Å². The van der Waals surface area contributed by atoms with E-state index < -0.39 is 11.4 Å². The van der Waals surface area contributed by atoms with E-state index in [2.05, 4.69) is 10.4 Å². The van der Waals surface area contributed by atoms with E-state index in [-0.39, 0.29) is 24.4 Å². The molecule has 1 saturated heterocycles. The van der Waals surface area contributed by atoms with Crippen molar-refractivity contribution < 1.29 is 23.6 Å². The molecule has 0 bridgehead atoms. The lowest BCUT2D eigenvalue weighted by atomic mass is 10.0. The second-order valence-corrected chi connectivity index (χ2v) is 12.4. The Labute approximate surface area is 250 Å². The van der Waals surface area contributed by atoms with E-state index in [1.165, 1.54) is 0 Å². The topological polar surface area (TPSA) is 112 Å². The smallest absolute Gasteiger partial charge is 0.269 e. The number of likely N-dealkylation sites (tertiary alicyclic amines) is 1. The standard InChI is InChI=1S/C31H39N5O5S/c1-34-27(18-26(33-34)22-12-13-22)30(37)32-19-24-6-5-7-28(29(24)40-3)41-20-21-8-10-23(11-9-21)31(38)36-16-14-25(15-17-36)35(2)42(4)39/h5-11,18,22,25H,12-17,19-20H2,1-4H3,(H,32,37). The summed E-state index contributed by atoms with van der Waals surface area (Å²) in [6.07, 6.45) is 5.56. The zero-order valence-electron chi connectivity index (χ0n) is 24.7. The minimum absolute atomic E-state index is 0.00694. The number of para-hydroxylation sites is 1. The van der Waals surface area contributed by atoms with Crippen molar-refractivity contribution in [3.63, 3.8) is 0 Å². The first-order valence-corrected chi connectivity index (χ1v) is 15.8. The van der Waals surface area contributed by atoms with Crippen LogP contribution in [0.1, 0.15) is 69.3 Å². The van der Waals surface area contributed by atoms with Gasteiger partial charge in [0.15, 0.2) is 11.5 Å². The summed E-state index contributed by atoms with van der Waals surface area (Å²) in [5, 5.41) is 7.46. The minimum Gasteiger partial charge on any atom is -0.598 e. The molecule has 1 unspecified atom stereocenters. The van der Waals surface area contributed by atoms with Crippen LogP contribution >= 0.6 is 0 Å². The predicted octanol–water partition coefficient (Wildman–Crippen LogP) is 3.65. The molecule has 5 rings (SSSR count). The number of hydrogen-bond acceptors (Lipinski definition) is 7. The average Bonchev–Trinajstić information content (AvgIpc) is 3.79. The molecule has 1 atom stereocenters. The van der Waals surface area contributed by atoms with Gasteiger partial charge in [-0.1, -0.05) is 24.3 Å². The van der Waals surface area contributed by atoms with Gasteiger partial charge in [0.1, 0.15) is 18.6 Å². The Morgan fingerprint density at radius 2 is 1.83 bits per heavy atom. The molecule has 3 aromatic rings. The molecule has 42 heavy (non-hydrogen) atoms.